The molecular formula is C23H21F3N2O2. The minimum Gasteiger partial charge on any atom is -0.396 e. The largest absolute Gasteiger partial charge is 0.416 e. The molecule has 2 N–H and O–H groups in total. The maximum Gasteiger partial charge on any atom is 0.416 e. The standard InChI is InChI=1S/C23H21F3N2O2/c24-23(25,26)21-4-2-1-3-20(21)13-16(15-29)14-28-22(30)19-7-5-17(6-8-19)18-9-11-27-12-10-18/h1-12,16,29H,13-15H2,(H,28,30). The molecule has 0 aliphatic heterocycles. The van der Waals surface area contributed by atoms with E-state index in [-0.39, 0.29) is 31.0 Å². The first-order valence-electron chi connectivity index (χ1n) is 9.43. The first-order chi connectivity index (χ1) is 14.4. The number of nitrogens with one attached hydrogen (secondary N) is 1. The zero-order valence-electron chi connectivity index (χ0n) is 16.1. The molecule has 0 aliphatic rings. The first-order valence-corrected chi connectivity index (χ1v) is 9.43. The maximum absolute atomic E-state index is 13.2. The van der Waals surface area contributed by atoms with E-state index in [4.69, 9.17) is 0 Å². The molecule has 0 spiro atoms. The molecule has 4 nitrogen and oxygen atoms in total. The number of halogens is 3. The lowest BCUT2D eigenvalue weighted by molar-refractivity contribution is -0.138. The summed E-state index contributed by atoms with van der Waals surface area (Å²) >= 11 is 0. The van der Waals surface area contributed by atoms with Crippen molar-refractivity contribution in [2.24, 2.45) is 5.92 Å². The molecule has 7 heteroatoms. The normalized spacial score (nSPS) is 12.4. The Morgan fingerprint density at radius 1 is 0.967 bits per heavy atom. The molecule has 156 valence electrons. The van der Waals surface area contributed by atoms with Crippen LogP contribution in [0.3, 0.4) is 0 Å². The second kappa shape index (κ2) is 9.54. The van der Waals surface area contributed by atoms with Crippen LogP contribution in [0, 0.1) is 5.92 Å². The van der Waals surface area contributed by atoms with Gasteiger partial charge in [0.15, 0.2) is 0 Å². The number of aromatic nitrogens is 1. The Bertz CT molecular complexity index is 974. The third-order valence-corrected chi connectivity index (χ3v) is 4.80. The van der Waals surface area contributed by atoms with Crippen molar-refractivity contribution in [1.29, 1.82) is 0 Å². The Morgan fingerprint density at radius 2 is 1.60 bits per heavy atom. The molecule has 1 amide bonds. The van der Waals surface area contributed by atoms with Crippen molar-refractivity contribution in [3.63, 3.8) is 0 Å². The van der Waals surface area contributed by atoms with E-state index in [2.05, 4.69) is 10.3 Å². The van der Waals surface area contributed by atoms with Gasteiger partial charge in [-0.15, -0.1) is 0 Å². The van der Waals surface area contributed by atoms with Crippen LogP contribution in [0.2, 0.25) is 0 Å². The Balaban J connectivity index is 1.62. The molecular weight excluding hydrogens is 393 g/mol. The molecule has 0 saturated carbocycles. The number of amides is 1. The SMILES string of the molecule is O=C(NCC(CO)Cc1ccccc1C(F)(F)F)c1ccc(-c2ccncc2)cc1. The number of carbonyl (C=O) groups is 1. The van der Waals surface area contributed by atoms with Crippen LogP contribution in [0.15, 0.2) is 73.1 Å². The number of hydrogen-bond donors (Lipinski definition) is 2. The maximum atomic E-state index is 13.2. The van der Waals surface area contributed by atoms with Gasteiger partial charge in [-0.05, 0) is 53.4 Å². The zero-order valence-corrected chi connectivity index (χ0v) is 16.1. The molecule has 0 aliphatic carbocycles. The Morgan fingerprint density at radius 3 is 2.23 bits per heavy atom. The predicted molar refractivity (Wildman–Crippen MR) is 108 cm³/mol. The molecule has 30 heavy (non-hydrogen) atoms. The lowest BCUT2D eigenvalue weighted by Crippen LogP contribution is -2.32. The van der Waals surface area contributed by atoms with Gasteiger partial charge in [0.05, 0.1) is 5.56 Å². The van der Waals surface area contributed by atoms with Crippen LogP contribution in [-0.4, -0.2) is 29.1 Å². The van der Waals surface area contributed by atoms with Gasteiger partial charge in [-0.2, -0.15) is 13.2 Å². The van der Waals surface area contributed by atoms with E-state index in [1.54, 1.807) is 24.5 Å². The molecule has 1 unspecified atom stereocenters. The van der Waals surface area contributed by atoms with Crippen molar-refractivity contribution >= 4 is 5.91 Å². The fourth-order valence-electron chi connectivity index (χ4n) is 3.18. The van der Waals surface area contributed by atoms with E-state index in [0.29, 0.717) is 5.56 Å². The number of rotatable bonds is 7. The van der Waals surface area contributed by atoms with Gasteiger partial charge in [0.1, 0.15) is 0 Å². The van der Waals surface area contributed by atoms with Crippen LogP contribution in [0.4, 0.5) is 13.2 Å². The molecule has 0 bridgehead atoms. The summed E-state index contributed by atoms with van der Waals surface area (Å²) in [5, 5.41) is 12.3. The summed E-state index contributed by atoms with van der Waals surface area (Å²) in [6, 6.07) is 16.0. The minimum absolute atomic E-state index is 0.00738. The highest BCUT2D eigenvalue weighted by Crippen LogP contribution is 2.32. The second-order valence-corrected chi connectivity index (χ2v) is 6.93. The second-order valence-electron chi connectivity index (χ2n) is 6.93. The zero-order chi connectivity index (χ0) is 21.6. The van der Waals surface area contributed by atoms with Gasteiger partial charge in [-0.1, -0.05) is 30.3 Å². The van der Waals surface area contributed by atoms with Gasteiger partial charge in [-0.25, -0.2) is 0 Å². The highest BCUT2D eigenvalue weighted by atomic mass is 19.4. The van der Waals surface area contributed by atoms with E-state index in [1.165, 1.54) is 18.2 Å². The molecule has 1 atom stereocenters. The first kappa shape index (κ1) is 21.5. The molecule has 3 aromatic rings. The van der Waals surface area contributed by atoms with Gasteiger partial charge >= 0.3 is 6.18 Å². The molecule has 1 aromatic heterocycles. The van der Waals surface area contributed by atoms with Crippen molar-refractivity contribution in [3.8, 4) is 11.1 Å². The monoisotopic (exact) mass is 414 g/mol. The van der Waals surface area contributed by atoms with Crippen LogP contribution in [0.25, 0.3) is 11.1 Å². The van der Waals surface area contributed by atoms with Crippen molar-refractivity contribution in [2.45, 2.75) is 12.6 Å². The van der Waals surface area contributed by atoms with Crippen LogP contribution < -0.4 is 5.32 Å². The van der Waals surface area contributed by atoms with E-state index in [9.17, 15) is 23.1 Å². The number of carbonyl (C=O) groups excluding carboxylic acids is 1. The van der Waals surface area contributed by atoms with Gasteiger partial charge in [0, 0.05) is 37.0 Å². The van der Waals surface area contributed by atoms with Crippen LogP contribution in [0.5, 0.6) is 0 Å². The lowest BCUT2D eigenvalue weighted by Gasteiger charge is -2.18. The third kappa shape index (κ3) is 5.45. The quantitative estimate of drug-likeness (QED) is 0.604. The molecule has 0 fully saturated rings. The average Bonchev–Trinajstić information content (AvgIpc) is 2.76. The number of hydrogen-bond acceptors (Lipinski definition) is 3. The fourth-order valence-corrected chi connectivity index (χ4v) is 3.18. The Kier molecular flexibility index (Phi) is 6.84. The summed E-state index contributed by atoms with van der Waals surface area (Å²) in [5.74, 6) is -0.882. The Labute approximate surface area is 172 Å². The van der Waals surface area contributed by atoms with Gasteiger partial charge in [0.2, 0.25) is 0 Å². The number of aliphatic hydroxyl groups is 1. The van der Waals surface area contributed by atoms with E-state index in [1.807, 2.05) is 24.3 Å². The fraction of sp³-hybridized carbons (Fsp3) is 0.217. The smallest absolute Gasteiger partial charge is 0.396 e. The summed E-state index contributed by atoms with van der Waals surface area (Å²) in [6.45, 7) is -0.277. The van der Waals surface area contributed by atoms with Gasteiger partial charge in [-0.3, -0.25) is 9.78 Å². The predicted octanol–water partition coefficient (Wildman–Crippen LogP) is 4.35. The van der Waals surface area contributed by atoms with Crippen molar-refractivity contribution < 1.29 is 23.1 Å². The van der Waals surface area contributed by atoms with Gasteiger partial charge < -0.3 is 10.4 Å². The third-order valence-electron chi connectivity index (χ3n) is 4.80. The highest BCUT2D eigenvalue weighted by Gasteiger charge is 2.33. The Hall–Kier alpha value is -3.19. The number of aliphatic hydroxyl groups excluding tert-OH is 1. The number of pyridine rings is 1. The molecule has 1 heterocycles. The minimum atomic E-state index is -4.46. The summed E-state index contributed by atoms with van der Waals surface area (Å²) in [5.41, 5.74) is 1.72. The van der Waals surface area contributed by atoms with E-state index < -0.39 is 17.7 Å². The molecule has 0 saturated heterocycles. The van der Waals surface area contributed by atoms with E-state index >= 15 is 0 Å². The summed E-state index contributed by atoms with van der Waals surface area (Å²) in [4.78, 5) is 16.4. The highest BCUT2D eigenvalue weighted by molar-refractivity contribution is 5.94. The van der Waals surface area contributed by atoms with Crippen molar-refractivity contribution in [2.75, 3.05) is 13.2 Å². The molecule has 2 aromatic carbocycles. The number of benzene rings is 2. The average molecular weight is 414 g/mol. The van der Waals surface area contributed by atoms with Crippen molar-refractivity contribution in [1.82, 2.24) is 10.3 Å². The van der Waals surface area contributed by atoms with Crippen LogP contribution in [-0.2, 0) is 12.6 Å². The summed E-state index contributed by atoms with van der Waals surface area (Å²) < 4.78 is 39.5. The molecule has 0 radical (unpaired) electrons. The number of alkyl halides is 3. The van der Waals surface area contributed by atoms with E-state index in [0.717, 1.165) is 17.2 Å². The lowest BCUT2D eigenvalue weighted by atomic mass is 9.95. The van der Waals surface area contributed by atoms with Crippen LogP contribution >= 0.6 is 0 Å². The topological polar surface area (TPSA) is 62.2 Å². The van der Waals surface area contributed by atoms with Gasteiger partial charge in [0.25, 0.3) is 5.91 Å². The summed E-state index contributed by atoms with van der Waals surface area (Å²) in [7, 11) is 0. The number of nitrogens with zero attached hydrogens (tertiary/aromatic N) is 1. The van der Waals surface area contributed by atoms with Crippen LogP contribution in [0.1, 0.15) is 21.5 Å². The molecule has 3 rings (SSSR count). The van der Waals surface area contributed by atoms with Crippen molar-refractivity contribution in [3.05, 3.63) is 89.7 Å². The summed E-state index contributed by atoms with van der Waals surface area (Å²) in [6.07, 6.45) is -1.09.